The van der Waals surface area contributed by atoms with Crippen LogP contribution < -0.4 is 5.32 Å². The van der Waals surface area contributed by atoms with Crippen LogP contribution in [0.3, 0.4) is 0 Å². The van der Waals surface area contributed by atoms with Gasteiger partial charge in [0.25, 0.3) is 5.91 Å². The van der Waals surface area contributed by atoms with Crippen LogP contribution in [-0.4, -0.2) is 15.5 Å². The molecule has 1 N–H and O–H groups in total. The Labute approximate surface area is 142 Å². The number of hydrogen-bond donors (Lipinski definition) is 1. The van der Waals surface area contributed by atoms with E-state index in [0.717, 1.165) is 29.2 Å². The molecule has 3 rings (SSSR count). The third kappa shape index (κ3) is 3.54. The van der Waals surface area contributed by atoms with Gasteiger partial charge in [-0.1, -0.05) is 29.8 Å². The number of carbonyl (C=O) groups is 1. The molecule has 0 radical (unpaired) electrons. The van der Waals surface area contributed by atoms with E-state index in [1.165, 1.54) is 5.56 Å². The summed E-state index contributed by atoms with van der Waals surface area (Å²) >= 11 is 0. The topological polar surface area (TPSA) is 46.9 Å². The summed E-state index contributed by atoms with van der Waals surface area (Å²) in [6.07, 6.45) is 3.75. The van der Waals surface area contributed by atoms with E-state index in [4.69, 9.17) is 0 Å². The van der Waals surface area contributed by atoms with Crippen molar-refractivity contribution in [3.63, 3.8) is 0 Å². The zero-order chi connectivity index (χ0) is 17.1. The molecule has 0 bridgehead atoms. The third-order valence-corrected chi connectivity index (χ3v) is 4.12. The van der Waals surface area contributed by atoms with Crippen molar-refractivity contribution >= 4 is 11.6 Å². The fourth-order valence-corrected chi connectivity index (χ4v) is 2.68. The minimum Gasteiger partial charge on any atom is -0.331 e. The number of benzene rings is 2. The first-order valence-corrected chi connectivity index (χ1v) is 7.98. The fraction of sp³-hybridized carbons (Fsp3) is 0.200. The Hall–Kier alpha value is -2.88. The van der Waals surface area contributed by atoms with Crippen molar-refractivity contribution in [2.24, 2.45) is 0 Å². The van der Waals surface area contributed by atoms with Gasteiger partial charge in [-0.3, -0.25) is 4.79 Å². The van der Waals surface area contributed by atoms with Crippen LogP contribution >= 0.6 is 0 Å². The first-order valence-electron chi connectivity index (χ1n) is 7.98. The van der Waals surface area contributed by atoms with Gasteiger partial charge in [0, 0.05) is 30.2 Å². The number of rotatable bonds is 4. The predicted octanol–water partition coefficient (Wildman–Crippen LogP) is 4.11. The molecule has 0 aliphatic heterocycles. The Balaban J connectivity index is 1.70. The molecule has 1 heterocycles. The van der Waals surface area contributed by atoms with Crippen LogP contribution in [0.15, 0.2) is 54.9 Å². The van der Waals surface area contributed by atoms with Crippen molar-refractivity contribution < 1.29 is 4.79 Å². The lowest BCUT2D eigenvalue weighted by atomic mass is 10.1. The zero-order valence-electron chi connectivity index (χ0n) is 14.2. The first kappa shape index (κ1) is 16.0. The molecule has 4 nitrogen and oxygen atoms in total. The molecule has 2 aromatic carbocycles. The summed E-state index contributed by atoms with van der Waals surface area (Å²) in [4.78, 5) is 16.6. The van der Waals surface area contributed by atoms with Crippen LogP contribution in [0.1, 0.15) is 32.9 Å². The highest BCUT2D eigenvalue weighted by Gasteiger charge is 2.08. The standard InChI is InChI=1S/C20H21N3O/c1-14-4-9-19(15(2)12-14)22-20(24)18-7-5-17(6-8-18)13-23-11-10-21-16(23)3/h4-12H,13H2,1-3H3,(H,22,24). The van der Waals surface area contributed by atoms with Crippen LogP contribution in [0.25, 0.3) is 0 Å². The summed E-state index contributed by atoms with van der Waals surface area (Å²) in [7, 11) is 0. The lowest BCUT2D eigenvalue weighted by Crippen LogP contribution is -2.13. The van der Waals surface area contributed by atoms with Gasteiger partial charge in [-0.15, -0.1) is 0 Å². The number of nitrogens with zero attached hydrogens (tertiary/aromatic N) is 2. The van der Waals surface area contributed by atoms with E-state index in [-0.39, 0.29) is 5.91 Å². The van der Waals surface area contributed by atoms with Crippen molar-refractivity contribution in [1.82, 2.24) is 9.55 Å². The lowest BCUT2D eigenvalue weighted by Gasteiger charge is -2.10. The van der Waals surface area contributed by atoms with Gasteiger partial charge in [-0.2, -0.15) is 0 Å². The van der Waals surface area contributed by atoms with E-state index in [9.17, 15) is 4.79 Å². The number of anilines is 1. The summed E-state index contributed by atoms with van der Waals surface area (Å²) < 4.78 is 2.07. The maximum atomic E-state index is 12.4. The molecule has 0 spiro atoms. The van der Waals surface area contributed by atoms with Crippen molar-refractivity contribution in [2.75, 3.05) is 5.32 Å². The molecule has 0 unspecified atom stereocenters. The second-order valence-corrected chi connectivity index (χ2v) is 6.07. The highest BCUT2D eigenvalue weighted by Crippen LogP contribution is 2.17. The molecule has 1 aromatic heterocycles. The maximum absolute atomic E-state index is 12.4. The fourth-order valence-electron chi connectivity index (χ4n) is 2.68. The Bertz CT molecular complexity index is 863. The van der Waals surface area contributed by atoms with E-state index < -0.39 is 0 Å². The van der Waals surface area contributed by atoms with Gasteiger partial charge in [0.05, 0.1) is 0 Å². The monoisotopic (exact) mass is 319 g/mol. The molecule has 0 atom stereocenters. The molecule has 4 heteroatoms. The minimum atomic E-state index is -0.0904. The van der Waals surface area contributed by atoms with Crippen LogP contribution in [0.4, 0.5) is 5.69 Å². The largest absolute Gasteiger partial charge is 0.331 e. The summed E-state index contributed by atoms with van der Waals surface area (Å²) in [5, 5.41) is 2.97. The summed E-state index contributed by atoms with van der Waals surface area (Å²) in [6.45, 7) is 6.77. The number of imidazole rings is 1. The average molecular weight is 319 g/mol. The first-order chi connectivity index (χ1) is 11.5. The smallest absolute Gasteiger partial charge is 0.255 e. The molecule has 122 valence electrons. The van der Waals surface area contributed by atoms with Crippen molar-refractivity contribution in [3.05, 3.63) is 82.9 Å². The highest BCUT2D eigenvalue weighted by molar-refractivity contribution is 6.04. The van der Waals surface area contributed by atoms with E-state index in [0.29, 0.717) is 5.56 Å². The van der Waals surface area contributed by atoms with Crippen molar-refractivity contribution in [2.45, 2.75) is 27.3 Å². The summed E-state index contributed by atoms with van der Waals surface area (Å²) in [5.74, 6) is 0.888. The number of aromatic nitrogens is 2. The number of aryl methyl sites for hydroxylation is 3. The van der Waals surface area contributed by atoms with E-state index >= 15 is 0 Å². The molecule has 1 amide bonds. The van der Waals surface area contributed by atoms with E-state index in [2.05, 4.69) is 20.9 Å². The molecule has 0 aliphatic rings. The predicted molar refractivity (Wildman–Crippen MR) is 96.4 cm³/mol. The Kier molecular flexibility index (Phi) is 4.47. The van der Waals surface area contributed by atoms with Crippen molar-refractivity contribution in [3.8, 4) is 0 Å². The minimum absolute atomic E-state index is 0.0904. The Morgan fingerprint density at radius 2 is 1.83 bits per heavy atom. The molecule has 0 saturated carbocycles. The number of hydrogen-bond acceptors (Lipinski definition) is 2. The van der Waals surface area contributed by atoms with Gasteiger partial charge in [0.1, 0.15) is 5.82 Å². The van der Waals surface area contributed by atoms with Gasteiger partial charge in [-0.25, -0.2) is 4.98 Å². The van der Waals surface area contributed by atoms with Gasteiger partial charge in [0.2, 0.25) is 0 Å². The molecule has 0 aliphatic carbocycles. The Morgan fingerprint density at radius 1 is 1.08 bits per heavy atom. The van der Waals surface area contributed by atoms with Gasteiger partial charge in [0.15, 0.2) is 0 Å². The van der Waals surface area contributed by atoms with E-state index in [1.807, 2.05) is 63.4 Å². The zero-order valence-corrected chi connectivity index (χ0v) is 14.2. The molecule has 0 fully saturated rings. The molecule has 24 heavy (non-hydrogen) atoms. The second-order valence-electron chi connectivity index (χ2n) is 6.07. The van der Waals surface area contributed by atoms with Gasteiger partial charge < -0.3 is 9.88 Å². The average Bonchev–Trinajstić information content (AvgIpc) is 2.96. The van der Waals surface area contributed by atoms with Gasteiger partial charge in [-0.05, 0) is 50.1 Å². The van der Waals surface area contributed by atoms with Crippen LogP contribution in [0.5, 0.6) is 0 Å². The highest BCUT2D eigenvalue weighted by atomic mass is 16.1. The van der Waals surface area contributed by atoms with E-state index in [1.54, 1.807) is 6.20 Å². The molecule has 3 aromatic rings. The quantitative estimate of drug-likeness (QED) is 0.786. The number of amides is 1. The van der Waals surface area contributed by atoms with Crippen molar-refractivity contribution in [1.29, 1.82) is 0 Å². The lowest BCUT2D eigenvalue weighted by molar-refractivity contribution is 0.102. The van der Waals surface area contributed by atoms with Crippen LogP contribution in [0.2, 0.25) is 0 Å². The normalized spacial score (nSPS) is 10.6. The number of nitrogens with one attached hydrogen (secondary N) is 1. The second kappa shape index (κ2) is 6.71. The maximum Gasteiger partial charge on any atom is 0.255 e. The van der Waals surface area contributed by atoms with Crippen LogP contribution in [0, 0.1) is 20.8 Å². The number of carbonyl (C=O) groups excluding carboxylic acids is 1. The molecule has 0 saturated heterocycles. The SMILES string of the molecule is Cc1ccc(NC(=O)c2ccc(Cn3ccnc3C)cc2)c(C)c1. The third-order valence-electron chi connectivity index (χ3n) is 4.12. The molecular formula is C20H21N3O. The summed E-state index contributed by atoms with van der Waals surface area (Å²) in [6, 6.07) is 13.7. The summed E-state index contributed by atoms with van der Waals surface area (Å²) in [5.41, 5.74) is 4.89. The Morgan fingerprint density at radius 3 is 2.46 bits per heavy atom. The van der Waals surface area contributed by atoms with Gasteiger partial charge >= 0.3 is 0 Å². The molecular weight excluding hydrogens is 298 g/mol. The van der Waals surface area contributed by atoms with Crippen LogP contribution in [-0.2, 0) is 6.54 Å².